The van der Waals surface area contributed by atoms with Crippen LogP contribution in [-0.4, -0.2) is 23.4 Å². The Morgan fingerprint density at radius 2 is 2.50 bits per heavy atom. The average Bonchev–Trinajstić information content (AvgIpc) is 2.77. The van der Waals surface area contributed by atoms with E-state index in [0.717, 1.165) is 19.3 Å². The van der Waals surface area contributed by atoms with E-state index in [-0.39, 0.29) is 12.2 Å². The molecule has 1 heterocycles. The van der Waals surface area contributed by atoms with Gasteiger partial charge in [-0.05, 0) is 32.1 Å². The van der Waals surface area contributed by atoms with Crippen LogP contribution < -0.4 is 0 Å². The topological polar surface area (TPSA) is 32.8 Å². The third-order valence-electron chi connectivity index (χ3n) is 3.29. The van der Waals surface area contributed by atoms with Gasteiger partial charge < -0.3 is 9.84 Å². The number of epoxide rings is 1. The van der Waals surface area contributed by atoms with Crippen LogP contribution in [-0.2, 0) is 4.74 Å². The minimum absolute atomic E-state index is 0.133. The van der Waals surface area contributed by atoms with Gasteiger partial charge in [0, 0.05) is 0 Å². The molecule has 0 spiro atoms. The molecule has 2 heteroatoms. The van der Waals surface area contributed by atoms with Crippen LogP contribution in [0.2, 0.25) is 0 Å². The molecular formula is C10H16O2. The quantitative estimate of drug-likeness (QED) is 0.500. The second-order valence-electron chi connectivity index (χ2n) is 4.15. The summed E-state index contributed by atoms with van der Waals surface area (Å²) in [4.78, 5) is 0. The van der Waals surface area contributed by atoms with E-state index in [1.54, 1.807) is 0 Å². The lowest BCUT2D eigenvalue weighted by molar-refractivity contribution is 0.160. The van der Waals surface area contributed by atoms with Crippen LogP contribution in [0.15, 0.2) is 12.2 Å². The number of allylic oxidation sites excluding steroid dienone is 1. The fraction of sp³-hybridized carbons (Fsp3) is 0.800. The van der Waals surface area contributed by atoms with Crippen molar-refractivity contribution in [3.05, 3.63) is 12.2 Å². The van der Waals surface area contributed by atoms with E-state index >= 15 is 0 Å². The number of hydrogen-bond donors (Lipinski definition) is 1. The van der Waals surface area contributed by atoms with Crippen molar-refractivity contribution in [2.45, 2.75) is 37.9 Å². The Bertz CT molecular complexity index is 212. The zero-order chi connectivity index (χ0) is 8.77. The molecule has 2 rings (SSSR count). The van der Waals surface area contributed by atoms with Crippen LogP contribution in [0, 0.1) is 5.92 Å². The van der Waals surface area contributed by atoms with Gasteiger partial charge in [-0.25, -0.2) is 0 Å². The number of hydrogen-bond acceptors (Lipinski definition) is 2. The van der Waals surface area contributed by atoms with Gasteiger partial charge in [-0.2, -0.15) is 0 Å². The Labute approximate surface area is 73.2 Å². The van der Waals surface area contributed by atoms with Crippen molar-refractivity contribution in [2.75, 3.05) is 6.61 Å². The average molecular weight is 168 g/mol. The summed E-state index contributed by atoms with van der Waals surface area (Å²) in [5, 5.41) is 9.07. The Kier molecular flexibility index (Phi) is 1.77. The van der Waals surface area contributed by atoms with Crippen molar-refractivity contribution in [1.29, 1.82) is 0 Å². The fourth-order valence-electron chi connectivity index (χ4n) is 2.19. The molecule has 3 atom stereocenters. The molecule has 0 bridgehead atoms. The Balaban J connectivity index is 1.96. The maximum absolute atomic E-state index is 9.07. The summed E-state index contributed by atoms with van der Waals surface area (Å²) in [5.41, 5.74) is 1.13. The van der Waals surface area contributed by atoms with Crippen LogP contribution in [0.1, 0.15) is 26.2 Å². The van der Waals surface area contributed by atoms with Gasteiger partial charge in [-0.3, -0.25) is 0 Å². The van der Waals surface area contributed by atoms with E-state index in [9.17, 15) is 0 Å². The lowest BCUT2D eigenvalue weighted by atomic mass is 9.79. The van der Waals surface area contributed by atoms with Crippen molar-refractivity contribution in [1.82, 2.24) is 0 Å². The first-order valence-corrected chi connectivity index (χ1v) is 4.62. The van der Waals surface area contributed by atoms with E-state index in [1.807, 2.05) is 0 Å². The lowest BCUT2D eigenvalue weighted by Crippen LogP contribution is -2.27. The van der Waals surface area contributed by atoms with Crippen LogP contribution in [0.25, 0.3) is 0 Å². The van der Waals surface area contributed by atoms with Gasteiger partial charge in [-0.1, -0.05) is 12.2 Å². The second kappa shape index (κ2) is 2.57. The fourth-order valence-corrected chi connectivity index (χ4v) is 2.19. The highest BCUT2D eigenvalue weighted by atomic mass is 16.6. The molecule has 1 saturated carbocycles. The Morgan fingerprint density at radius 3 is 3.00 bits per heavy atom. The van der Waals surface area contributed by atoms with E-state index in [0.29, 0.717) is 12.0 Å². The summed E-state index contributed by atoms with van der Waals surface area (Å²) in [5.74, 6) is 0.622. The molecule has 2 aliphatic rings. The van der Waals surface area contributed by atoms with Gasteiger partial charge in [0.1, 0.15) is 5.60 Å². The minimum Gasteiger partial charge on any atom is -0.393 e. The molecule has 0 aromatic rings. The van der Waals surface area contributed by atoms with Gasteiger partial charge in [0.2, 0.25) is 0 Å². The third kappa shape index (κ3) is 1.10. The predicted octanol–water partition coefficient (Wildman–Crippen LogP) is 1.49. The third-order valence-corrected chi connectivity index (χ3v) is 3.29. The van der Waals surface area contributed by atoms with Gasteiger partial charge in [0.05, 0.1) is 12.7 Å². The Hall–Kier alpha value is -0.340. The number of ether oxygens (including phenoxy) is 1. The van der Waals surface area contributed by atoms with E-state index in [4.69, 9.17) is 9.84 Å². The maximum Gasteiger partial charge on any atom is 0.118 e. The highest BCUT2D eigenvalue weighted by Gasteiger charge is 2.58. The van der Waals surface area contributed by atoms with Crippen molar-refractivity contribution in [3.63, 3.8) is 0 Å². The molecule has 0 unspecified atom stereocenters. The standard InChI is InChI=1S/C10H16O2/c1-7(2)8-3-4-10(6-11)9(5-8)12-10/h8-9,11H,1,3-6H2,2H3/t8-,9+,10+/m0/s1. The molecule has 68 valence electrons. The summed E-state index contributed by atoms with van der Waals surface area (Å²) in [7, 11) is 0. The molecule has 0 aromatic carbocycles. The van der Waals surface area contributed by atoms with Crippen LogP contribution >= 0.6 is 0 Å². The zero-order valence-electron chi connectivity index (χ0n) is 7.55. The first-order valence-electron chi connectivity index (χ1n) is 4.62. The molecule has 1 aliphatic heterocycles. The molecule has 0 aromatic heterocycles. The van der Waals surface area contributed by atoms with Gasteiger partial charge >= 0.3 is 0 Å². The van der Waals surface area contributed by atoms with Crippen LogP contribution in [0.4, 0.5) is 0 Å². The summed E-state index contributed by atoms with van der Waals surface area (Å²) in [6.07, 6.45) is 3.52. The van der Waals surface area contributed by atoms with Crippen molar-refractivity contribution in [2.24, 2.45) is 5.92 Å². The molecule has 2 fully saturated rings. The monoisotopic (exact) mass is 168 g/mol. The molecule has 0 radical (unpaired) electrons. The van der Waals surface area contributed by atoms with Crippen molar-refractivity contribution in [3.8, 4) is 0 Å². The summed E-state index contributed by atoms with van der Waals surface area (Å²) >= 11 is 0. The van der Waals surface area contributed by atoms with Gasteiger partial charge in [-0.15, -0.1) is 0 Å². The molecule has 2 nitrogen and oxygen atoms in total. The van der Waals surface area contributed by atoms with Crippen molar-refractivity contribution < 1.29 is 9.84 Å². The largest absolute Gasteiger partial charge is 0.393 e. The number of aliphatic hydroxyl groups excluding tert-OH is 1. The van der Waals surface area contributed by atoms with Crippen molar-refractivity contribution >= 4 is 0 Å². The first-order chi connectivity index (χ1) is 5.68. The second-order valence-corrected chi connectivity index (χ2v) is 4.15. The SMILES string of the molecule is C=C(C)[C@H]1CC[C@]2(CO)O[C@@H]2C1. The highest BCUT2D eigenvalue weighted by molar-refractivity contribution is 5.11. The van der Waals surface area contributed by atoms with Gasteiger partial charge in [0.25, 0.3) is 0 Å². The molecular weight excluding hydrogens is 152 g/mol. The van der Waals surface area contributed by atoms with E-state index < -0.39 is 0 Å². The summed E-state index contributed by atoms with van der Waals surface area (Å²) < 4.78 is 5.50. The zero-order valence-corrected chi connectivity index (χ0v) is 7.55. The highest BCUT2D eigenvalue weighted by Crippen LogP contribution is 2.50. The molecule has 0 amide bonds. The minimum atomic E-state index is -0.133. The summed E-state index contributed by atoms with van der Waals surface area (Å²) in [6, 6.07) is 0. The molecule has 1 aliphatic carbocycles. The van der Waals surface area contributed by atoms with E-state index in [1.165, 1.54) is 5.57 Å². The number of rotatable bonds is 2. The predicted molar refractivity (Wildman–Crippen MR) is 46.8 cm³/mol. The van der Waals surface area contributed by atoms with Gasteiger partial charge in [0.15, 0.2) is 0 Å². The molecule has 1 saturated heterocycles. The van der Waals surface area contributed by atoms with Crippen LogP contribution in [0.5, 0.6) is 0 Å². The summed E-state index contributed by atoms with van der Waals surface area (Å²) in [6.45, 7) is 6.24. The first kappa shape index (κ1) is 8.27. The molecule has 1 N–H and O–H groups in total. The van der Waals surface area contributed by atoms with E-state index in [2.05, 4.69) is 13.5 Å². The number of aliphatic hydroxyl groups is 1. The Morgan fingerprint density at radius 1 is 1.75 bits per heavy atom. The van der Waals surface area contributed by atoms with Crippen LogP contribution in [0.3, 0.4) is 0 Å². The lowest BCUT2D eigenvalue weighted by Gasteiger charge is -2.23. The molecule has 12 heavy (non-hydrogen) atoms. The maximum atomic E-state index is 9.07. The number of fused-ring (bicyclic) bond motifs is 1. The normalized spacial score (nSPS) is 45.2. The smallest absolute Gasteiger partial charge is 0.118 e.